The van der Waals surface area contributed by atoms with Gasteiger partial charge in [-0.15, -0.1) is 0 Å². The van der Waals surface area contributed by atoms with Gasteiger partial charge in [0.1, 0.15) is 5.75 Å². The zero-order chi connectivity index (χ0) is 16.1. The first-order chi connectivity index (χ1) is 10.5. The van der Waals surface area contributed by atoms with Gasteiger partial charge in [-0.2, -0.15) is 0 Å². The van der Waals surface area contributed by atoms with Gasteiger partial charge in [0, 0.05) is 16.7 Å². The Balaban J connectivity index is 2.10. The molecule has 22 heavy (non-hydrogen) atoms. The number of hydrogen-bond donors (Lipinski definition) is 1. The first-order valence-corrected chi connectivity index (χ1v) is 9.50. The Labute approximate surface area is 157 Å². The van der Waals surface area contributed by atoms with Crippen LogP contribution in [0.3, 0.4) is 0 Å². The zero-order valence-corrected chi connectivity index (χ0v) is 17.3. The highest BCUT2D eigenvalue weighted by Crippen LogP contribution is 2.35. The molecular formula is C17H18Br3NO. The van der Waals surface area contributed by atoms with Crippen LogP contribution in [0.5, 0.6) is 5.75 Å². The summed E-state index contributed by atoms with van der Waals surface area (Å²) >= 11 is 10.7. The van der Waals surface area contributed by atoms with Gasteiger partial charge in [-0.1, -0.05) is 22.9 Å². The Morgan fingerprint density at radius 2 is 1.73 bits per heavy atom. The van der Waals surface area contributed by atoms with Gasteiger partial charge in [-0.05, 0) is 86.7 Å². The Morgan fingerprint density at radius 3 is 2.32 bits per heavy atom. The molecule has 0 unspecified atom stereocenters. The van der Waals surface area contributed by atoms with Gasteiger partial charge in [0.2, 0.25) is 0 Å². The second-order valence-corrected chi connectivity index (χ2v) is 7.67. The molecule has 0 aliphatic heterocycles. The molecule has 118 valence electrons. The van der Waals surface area contributed by atoms with Crippen molar-refractivity contribution in [2.75, 3.05) is 11.9 Å². The lowest BCUT2D eigenvalue weighted by atomic mass is 10.1. The first-order valence-electron chi connectivity index (χ1n) is 7.12. The van der Waals surface area contributed by atoms with Crippen molar-refractivity contribution in [2.45, 2.75) is 26.8 Å². The maximum Gasteiger partial charge on any atom is 0.147 e. The van der Waals surface area contributed by atoms with Crippen LogP contribution in [0.15, 0.2) is 43.7 Å². The molecule has 0 spiro atoms. The quantitative estimate of drug-likeness (QED) is 0.486. The minimum Gasteiger partial charge on any atom is -0.491 e. The maximum atomic E-state index is 5.75. The van der Waals surface area contributed by atoms with Gasteiger partial charge in [-0.3, -0.25) is 0 Å². The van der Waals surface area contributed by atoms with Crippen molar-refractivity contribution in [3.05, 3.63) is 54.9 Å². The third-order valence-corrected chi connectivity index (χ3v) is 4.85. The monoisotopic (exact) mass is 489 g/mol. The average molecular weight is 492 g/mol. The van der Waals surface area contributed by atoms with Crippen molar-refractivity contribution >= 4 is 53.5 Å². The van der Waals surface area contributed by atoms with E-state index in [0.717, 1.165) is 37.8 Å². The summed E-state index contributed by atoms with van der Waals surface area (Å²) in [6.45, 7) is 5.67. The molecule has 0 aliphatic rings. The largest absolute Gasteiger partial charge is 0.491 e. The van der Waals surface area contributed by atoms with E-state index in [4.69, 9.17) is 4.74 Å². The highest BCUT2D eigenvalue weighted by Gasteiger charge is 2.09. The predicted octanol–water partition coefficient (Wildman–Crippen LogP) is 6.68. The van der Waals surface area contributed by atoms with Crippen molar-refractivity contribution in [1.82, 2.24) is 0 Å². The van der Waals surface area contributed by atoms with E-state index in [1.165, 1.54) is 11.1 Å². The fourth-order valence-corrected chi connectivity index (χ4v) is 4.06. The second kappa shape index (κ2) is 8.37. The Bertz CT molecular complexity index is 635. The minimum absolute atomic E-state index is 0.715. The van der Waals surface area contributed by atoms with Crippen molar-refractivity contribution in [3.8, 4) is 5.75 Å². The lowest BCUT2D eigenvalue weighted by molar-refractivity contribution is 0.313. The highest BCUT2D eigenvalue weighted by molar-refractivity contribution is 9.11. The summed E-state index contributed by atoms with van der Waals surface area (Å²) in [4.78, 5) is 0. The minimum atomic E-state index is 0.715. The van der Waals surface area contributed by atoms with Crippen LogP contribution in [0.2, 0.25) is 0 Å². The van der Waals surface area contributed by atoms with Crippen LogP contribution >= 0.6 is 47.8 Å². The van der Waals surface area contributed by atoms with Crippen LogP contribution in [0, 0.1) is 6.92 Å². The molecule has 0 aromatic heterocycles. The van der Waals surface area contributed by atoms with Crippen LogP contribution in [-0.4, -0.2) is 6.61 Å². The number of hydrogen-bond acceptors (Lipinski definition) is 2. The van der Waals surface area contributed by atoms with Crippen LogP contribution < -0.4 is 10.1 Å². The smallest absolute Gasteiger partial charge is 0.147 e. The number of nitrogens with one attached hydrogen (secondary N) is 1. The number of halogens is 3. The summed E-state index contributed by atoms with van der Waals surface area (Å²) in [5, 5.41) is 3.47. The molecule has 2 aromatic carbocycles. The van der Waals surface area contributed by atoms with E-state index in [-0.39, 0.29) is 0 Å². The first kappa shape index (κ1) is 17.8. The molecule has 2 aromatic rings. The summed E-state index contributed by atoms with van der Waals surface area (Å²) in [5.41, 5.74) is 3.54. The topological polar surface area (TPSA) is 21.3 Å². The van der Waals surface area contributed by atoms with Gasteiger partial charge in [0.25, 0.3) is 0 Å². The molecule has 0 fully saturated rings. The molecule has 2 rings (SSSR count). The molecule has 0 saturated heterocycles. The third-order valence-electron chi connectivity index (χ3n) is 3.18. The third kappa shape index (κ3) is 4.74. The Kier molecular flexibility index (Phi) is 6.78. The van der Waals surface area contributed by atoms with E-state index >= 15 is 0 Å². The average Bonchev–Trinajstić information content (AvgIpc) is 2.45. The molecule has 0 amide bonds. The van der Waals surface area contributed by atoms with Gasteiger partial charge in [-0.25, -0.2) is 0 Å². The summed E-state index contributed by atoms with van der Waals surface area (Å²) < 4.78 is 8.79. The molecule has 1 N–H and O–H groups in total. The zero-order valence-electron chi connectivity index (χ0n) is 12.6. The highest BCUT2D eigenvalue weighted by atomic mass is 79.9. The van der Waals surface area contributed by atoms with Crippen LogP contribution in [-0.2, 0) is 6.54 Å². The number of benzene rings is 2. The normalized spacial score (nSPS) is 10.6. The molecule has 2 nitrogen and oxygen atoms in total. The molecule has 5 heteroatoms. The van der Waals surface area contributed by atoms with Crippen LogP contribution in [0.25, 0.3) is 0 Å². The molecule has 0 heterocycles. The lowest BCUT2D eigenvalue weighted by Crippen LogP contribution is -2.02. The van der Waals surface area contributed by atoms with E-state index < -0.39 is 0 Å². The summed E-state index contributed by atoms with van der Waals surface area (Å²) in [6, 6.07) is 10.4. The molecule has 0 bridgehead atoms. The van der Waals surface area contributed by atoms with Crippen LogP contribution in [0.4, 0.5) is 5.69 Å². The number of aryl methyl sites for hydroxylation is 1. The molecule has 0 atom stereocenters. The predicted molar refractivity (Wildman–Crippen MR) is 104 cm³/mol. The van der Waals surface area contributed by atoms with Gasteiger partial charge in [0.05, 0.1) is 15.6 Å². The summed E-state index contributed by atoms with van der Waals surface area (Å²) in [5.74, 6) is 0.866. The van der Waals surface area contributed by atoms with Crippen molar-refractivity contribution in [2.24, 2.45) is 0 Å². The summed E-state index contributed by atoms with van der Waals surface area (Å²) in [7, 11) is 0. The van der Waals surface area contributed by atoms with E-state index in [9.17, 15) is 0 Å². The van der Waals surface area contributed by atoms with Gasteiger partial charge >= 0.3 is 0 Å². The fourth-order valence-electron chi connectivity index (χ4n) is 2.08. The van der Waals surface area contributed by atoms with E-state index in [1.54, 1.807) is 0 Å². The van der Waals surface area contributed by atoms with E-state index in [0.29, 0.717) is 6.61 Å². The van der Waals surface area contributed by atoms with Crippen molar-refractivity contribution < 1.29 is 4.74 Å². The summed E-state index contributed by atoms with van der Waals surface area (Å²) in [6.07, 6.45) is 0.991. The van der Waals surface area contributed by atoms with Crippen molar-refractivity contribution in [3.63, 3.8) is 0 Å². The van der Waals surface area contributed by atoms with E-state index in [1.807, 2.05) is 6.07 Å². The molecule has 0 aliphatic carbocycles. The molecular weight excluding hydrogens is 474 g/mol. The Morgan fingerprint density at radius 1 is 1.05 bits per heavy atom. The van der Waals surface area contributed by atoms with Crippen molar-refractivity contribution in [1.29, 1.82) is 0 Å². The number of rotatable bonds is 6. The van der Waals surface area contributed by atoms with Crippen LogP contribution in [0.1, 0.15) is 24.5 Å². The second-order valence-electron chi connectivity index (χ2n) is 5.05. The maximum absolute atomic E-state index is 5.75. The standard InChI is InChI=1S/C17H18Br3NO/c1-3-6-22-17-14(19)8-12(9-15(17)20)10-21-16-5-4-13(18)7-11(16)2/h4-5,7-9,21H,3,6,10H2,1-2H3. The molecule has 0 radical (unpaired) electrons. The fraction of sp³-hybridized carbons (Fsp3) is 0.294. The number of ether oxygens (including phenoxy) is 1. The Hall–Kier alpha value is -0.520. The van der Waals surface area contributed by atoms with E-state index in [2.05, 4.69) is 91.2 Å². The SMILES string of the molecule is CCCOc1c(Br)cc(CNc2ccc(Br)cc2C)cc1Br. The number of anilines is 1. The molecule has 0 saturated carbocycles. The lowest BCUT2D eigenvalue weighted by Gasteiger charge is -2.14. The van der Waals surface area contributed by atoms with Gasteiger partial charge < -0.3 is 10.1 Å². The van der Waals surface area contributed by atoms with Gasteiger partial charge in [0.15, 0.2) is 0 Å².